The molecule has 2 aromatic carbocycles. The van der Waals surface area contributed by atoms with E-state index in [1.165, 1.54) is 14.2 Å². The number of hydrogen-bond acceptors (Lipinski definition) is 5. The average Bonchev–Trinajstić information content (AvgIpc) is 2.77. The molecule has 3 amide bonds. The number of amides is 3. The molecule has 0 heterocycles. The fourth-order valence-corrected chi connectivity index (χ4v) is 2.77. The molecule has 0 bridgehead atoms. The van der Waals surface area contributed by atoms with Crippen LogP contribution in [0.3, 0.4) is 0 Å². The minimum atomic E-state index is -0.512. The average molecular weight is 413 g/mol. The molecular weight excluding hydrogens is 386 g/mol. The van der Waals surface area contributed by atoms with Crippen molar-refractivity contribution >= 4 is 17.9 Å². The zero-order valence-electron chi connectivity index (χ0n) is 17.4. The van der Waals surface area contributed by atoms with Crippen molar-refractivity contribution in [2.24, 2.45) is 0 Å². The number of benzene rings is 2. The van der Waals surface area contributed by atoms with Crippen LogP contribution in [0.1, 0.15) is 27.9 Å². The summed E-state index contributed by atoms with van der Waals surface area (Å²) in [6.45, 7) is 0.952. The lowest BCUT2D eigenvalue weighted by molar-refractivity contribution is -0.121. The molecule has 0 fully saturated rings. The number of nitrogens with zero attached hydrogens (tertiary/aromatic N) is 1. The molecule has 2 aromatic rings. The molecule has 0 saturated heterocycles. The first-order valence-electron chi connectivity index (χ1n) is 9.49. The summed E-state index contributed by atoms with van der Waals surface area (Å²) in [5.74, 6) is -0.321. The number of hydrogen-bond donors (Lipinski definition) is 2. The minimum absolute atomic E-state index is 0.144. The third kappa shape index (κ3) is 6.80. The topological polar surface area (TPSA) is 97.0 Å². The van der Waals surface area contributed by atoms with Crippen LogP contribution < -0.4 is 15.4 Å². The normalized spacial score (nSPS) is 10.1. The SMILES string of the molecule is COC(=O)c1cc(CNC(=O)CCNC(=O)N(C)Cc2ccccc2)ccc1OC. The molecule has 8 heteroatoms. The van der Waals surface area contributed by atoms with Crippen LogP contribution in [0.25, 0.3) is 0 Å². The van der Waals surface area contributed by atoms with E-state index in [4.69, 9.17) is 9.47 Å². The Morgan fingerprint density at radius 2 is 1.70 bits per heavy atom. The molecule has 30 heavy (non-hydrogen) atoms. The van der Waals surface area contributed by atoms with Crippen LogP contribution in [0, 0.1) is 0 Å². The molecule has 0 aliphatic rings. The number of rotatable bonds is 9. The van der Waals surface area contributed by atoms with Gasteiger partial charge < -0.3 is 25.0 Å². The van der Waals surface area contributed by atoms with Crippen LogP contribution in [0.4, 0.5) is 4.79 Å². The standard InChI is InChI=1S/C22H27N3O5/c1-25(15-16-7-5-4-6-8-16)22(28)23-12-11-20(26)24-14-17-9-10-19(29-2)18(13-17)21(27)30-3/h4-10,13H,11-12,14-15H2,1-3H3,(H,23,28)(H,24,26). The van der Waals surface area contributed by atoms with Gasteiger partial charge in [-0.15, -0.1) is 0 Å². The smallest absolute Gasteiger partial charge is 0.341 e. The molecule has 0 unspecified atom stereocenters. The lowest BCUT2D eigenvalue weighted by Crippen LogP contribution is -2.38. The monoisotopic (exact) mass is 413 g/mol. The van der Waals surface area contributed by atoms with E-state index in [1.807, 2.05) is 30.3 Å². The summed E-state index contributed by atoms with van der Waals surface area (Å²) in [5, 5.41) is 5.49. The predicted octanol–water partition coefficient (Wildman–Crippen LogP) is 2.33. The Morgan fingerprint density at radius 3 is 2.37 bits per heavy atom. The Morgan fingerprint density at radius 1 is 0.967 bits per heavy atom. The highest BCUT2D eigenvalue weighted by atomic mass is 16.5. The molecule has 0 radical (unpaired) electrons. The maximum atomic E-state index is 12.1. The van der Waals surface area contributed by atoms with Gasteiger partial charge in [0.2, 0.25) is 5.91 Å². The van der Waals surface area contributed by atoms with E-state index >= 15 is 0 Å². The van der Waals surface area contributed by atoms with Crippen molar-refractivity contribution in [3.05, 3.63) is 65.2 Å². The van der Waals surface area contributed by atoms with E-state index in [-0.39, 0.29) is 31.4 Å². The number of methoxy groups -OCH3 is 2. The molecule has 160 valence electrons. The second kappa shape index (κ2) is 11.5. The third-order valence-corrected chi connectivity index (χ3v) is 4.40. The van der Waals surface area contributed by atoms with E-state index in [1.54, 1.807) is 30.1 Å². The highest BCUT2D eigenvalue weighted by molar-refractivity contribution is 5.92. The second-order valence-electron chi connectivity index (χ2n) is 6.63. The Balaban J connectivity index is 1.76. The van der Waals surface area contributed by atoms with Gasteiger partial charge in [-0.05, 0) is 23.3 Å². The van der Waals surface area contributed by atoms with E-state index in [0.29, 0.717) is 17.9 Å². The highest BCUT2D eigenvalue weighted by Gasteiger charge is 2.14. The number of nitrogens with one attached hydrogen (secondary N) is 2. The van der Waals surface area contributed by atoms with Crippen molar-refractivity contribution in [2.75, 3.05) is 27.8 Å². The molecule has 0 aliphatic heterocycles. The molecule has 0 saturated carbocycles. The number of ether oxygens (including phenoxy) is 2. The van der Waals surface area contributed by atoms with Gasteiger partial charge in [-0.2, -0.15) is 0 Å². The fourth-order valence-electron chi connectivity index (χ4n) is 2.77. The fraction of sp³-hybridized carbons (Fsp3) is 0.318. The first-order chi connectivity index (χ1) is 14.4. The third-order valence-electron chi connectivity index (χ3n) is 4.40. The van der Waals surface area contributed by atoms with Crippen molar-refractivity contribution in [2.45, 2.75) is 19.5 Å². The zero-order chi connectivity index (χ0) is 21.9. The largest absolute Gasteiger partial charge is 0.496 e. The Hall–Kier alpha value is -3.55. The van der Waals surface area contributed by atoms with Gasteiger partial charge in [0, 0.05) is 33.1 Å². The van der Waals surface area contributed by atoms with Gasteiger partial charge in [-0.25, -0.2) is 9.59 Å². The number of carbonyl (C=O) groups excluding carboxylic acids is 3. The molecule has 0 atom stereocenters. The molecule has 8 nitrogen and oxygen atoms in total. The van der Waals surface area contributed by atoms with Crippen LogP contribution in [0.5, 0.6) is 5.75 Å². The van der Waals surface area contributed by atoms with Crippen LogP contribution in [0.2, 0.25) is 0 Å². The van der Waals surface area contributed by atoms with Crippen LogP contribution in [-0.2, 0) is 22.6 Å². The Labute approximate surface area is 176 Å². The van der Waals surface area contributed by atoms with E-state index in [0.717, 1.165) is 11.1 Å². The van der Waals surface area contributed by atoms with Crippen LogP contribution in [-0.4, -0.2) is 50.6 Å². The van der Waals surface area contributed by atoms with Crippen molar-refractivity contribution in [1.29, 1.82) is 0 Å². The molecular formula is C22H27N3O5. The van der Waals surface area contributed by atoms with Crippen molar-refractivity contribution in [3.8, 4) is 5.75 Å². The molecule has 0 aromatic heterocycles. The summed E-state index contributed by atoms with van der Waals surface area (Å²) in [5.41, 5.74) is 2.05. The minimum Gasteiger partial charge on any atom is -0.496 e. The van der Waals surface area contributed by atoms with Crippen molar-refractivity contribution < 1.29 is 23.9 Å². The van der Waals surface area contributed by atoms with Crippen molar-refractivity contribution in [3.63, 3.8) is 0 Å². The summed E-state index contributed by atoms with van der Waals surface area (Å²) >= 11 is 0. The number of urea groups is 1. The number of carbonyl (C=O) groups is 3. The number of esters is 1. The van der Waals surface area contributed by atoms with Gasteiger partial charge in [-0.3, -0.25) is 4.79 Å². The lowest BCUT2D eigenvalue weighted by atomic mass is 10.1. The van der Waals surface area contributed by atoms with Crippen LogP contribution >= 0.6 is 0 Å². The summed E-state index contributed by atoms with van der Waals surface area (Å²) < 4.78 is 9.89. The quantitative estimate of drug-likeness (QED) is 0.615. The highest BCUT2D eigenvalue weighted by Crippen LogP contribution is 2.20. The van der Waals surface area contributed by atoms with Gasteiger partial charge in [0.1, 0.15) is 11.3 Å². The zero-order valence-corrected chi connectivity index (χ0v) is 17.4. The van der Waals surface area contributed by atoms with Gasteiger partial charge in [0.05, 0.1) is 14.2 Å². The molecule has 0 spiro atoms. The maximum Gasteiger partial charge on any atom is 0.341 e. The maximum absolute atomic E-state index is 12.1. The summed E-state index contributed by atoms with van der Waals surface area (Å²) in [6.07, 6.45) is 0.144. The summed E-state index contributed by atoms with van der Waals surface area (Å²) in [4.78, 5) is 37.6. The first kappa shape index (κ1) is 22.7. The Kier molecular flexibility index (Phi) is 8.68. The van der Waals surface area contributed by atoms with Gasteiger partial charge in [0.25, 0.3) is 0 Å². The lowest BCUT2D eigenvalue weighted by Gasteiger charge is -2.18. The molecule has 2 rings (SSSR count). The predicted molar refractivity (Wildman–Crippen MR) is 112 cm³/mol. The molecule has 2 N–H and O–H groups in total. The first-order valence-corrected chi connectivity index (χ1v) is 9.49. The van der Waals surface area contributed by atoms with E-state index < -0.39 is 5.97 Å². The van der Waals surface area contributed by atoms with Gasteiger partial charge in [-0.1, -0.05) is 36.4 Å². The molecule has 0 aliphatic carbocycles. The van der Waals surface area contributed by atoms with Gasteiger partial charge in [0.15, 0.2) is 0 Å². The van der Waals surface area contributed by atoms with E-state index in [9.17, 15) is 14.4 Å². The van der Waals surface area contributed by atoms with E-state index in [2.05, 4.69) is 10.6 Å². The summed E-state index contributed by atoms with van der Waals surface area (Å²) in [7, 11) is 4.46. The van der Waals surface area contributed by atoms with Crippen LogP contribution in [0.15, 0.2) is 48.5 Å². The second-order valence-corrected chi connectivity index (χ2v) is 6.63. The van der Waals surface area contributed by atoms with Gasteiger partial charge >= 0.3 is 12.0 Å². The van der Waals surface area contributed by atoms with Crippen molar-refractivity contribution in [1.82, 2.24) is 15.5 Å². The Bertz CT molecular complexity index is 870. The summed E-state index contributed by atoms with van der Waals surface area (Å²) in [6, 6.07) is 14.4.